The van der Waals surface area contributed by atoms with Gasteiger partial charge >= 0.3 is 0 Å². The zero-order chi connectivity index (χ0) is 12.4. The Morgan fingerprint density at radius 3 is 1.53 bits per heavy atom. The van der Waals surface area contributed by atoms with E-state index in [4.69, 9.17) is 0 Å². The quantitative estimate of drug-likeness (QED) is 0.625. The van der Waals surface area contributed by atoms with Crippen molar-refractivity contribution in [1.82, 2.24) is 0 Å². The van der Waals surface area contributed by atoms with Crippen molar-refractivity contribution < 1.29 is 0 Å². The first-order valence-corrected chi connectivity index (χ1v) is 7.66. The second-order valence-corrected chi connectivity index (χ2v) is 6.84. The van der Waals surface area contributed by atoms with Crippen LogP contribution in [0.4, 0.5) is 0 Å². The Labute approximate surface area is 123 Å². The molecule has 0 spiro atoms. The van der Waals surface area contributed by atoms with Gasteiger partial charge in [-0.1, -0.05) is 43.6 Å². The normalized spacial score (nSPS) is 10.6. The predicted molar refractivity (Wildman–Crippen MR) is 81.9 cm³/mol. The van der Waals surface area contributed by atoms with Crippen LogP contribution >= 0.6 is 43.6 Å². The third kappa shape index (κ3) is 3.36. The van der Waals surface area contributed by atoms with Crippen molar-refractivity contribution in [3.63, 3.8) is 0 Å². The summed E-state index contributed by atoms with van der Waals surface area (Å²) in [7, 11) is 0. The molecule has 17 heavy (non-hydrogen) atoms. The molecule has 2 aromatic rings. The molecular weight excluding hydrogens is 360 g/mol. The van der Waals surface area contributed by atoms with E-state index in [1.165, 1.54) is 20.9 Å². The highest BCUT2D eigenvalue weighted by Gasteiger charge is 2.04. The van der Waals surface area contributed by atoms with Gasteiger partial charge in [-0.3, -0.25) is 0 Å². The van der Waals surface area contributed by atoms with E-state index >= 15 is 0 Å². The van der Waals surface area contributed by atoms with Crippen LogP contribution in [0.15, 0.2) is 55.1 Å². The number of halogens is 2. The van der Waals surface area contributed by atoms with Crippen LogP contribution in [0.25, 0.3) is 0 Å². The van der Waals surface area contributed by atoms with E-state index in [2.05, 4.69) is 82.1 Å². The van der Waals surface area contributed by atoms with Gasteiger partial charge in [0.05, 0.1) is 0 Å². The zero-order valence-corrected chi connectivity index (χ0v) is 13.6. The van der Waals surface area contributed by atoms with Gasteiger partial charge in [0.25, 0.3) is 0 Å². The molecule has 0 bridgehead atoms. The Bertz CT molecular complexity index is 500. The number of rotatable bonds is 2. The average molecular weight is 372 g/mol. The number of aryl methyl sites for hydroxylation is 2. The molecule has 0 aliphatic rings. The molecular formula is C14H12Br2S. The van der Waals surface area contributed by atoms with Gasteiger partial charge in [0, 0.05) is 18.7 Å². The smallest absolute Gasteiger partial charge is 0.0178 e. The Hall–Kier alpha value is -0.250. The van der Waals surface area contributed by atoms with Gasteiger partial charge < -0.3 is 0 Å². The van der Waals surface area contributed by atoms with Gasteiger partial charge in [0.2, 0.25) is 0 Å². The van der Waals surface area contributed by atoms with Crippen LogP contribution in [0.3, 0.4) is 0 Å². The molecule has 0 unspecified atom stereocenters. The standard InChI is InChI=1S/C14H12Br2S/c1-9-7-11(15)3-5-13(9)17-14-6-4-12(16)8-10(14)2/h3-8H,1-2H3. The van der Waals surface area contributed by atoms with Gasteiger partial charge in [-0.25, -0.2) is 0 Å². The van der Waals surface area contributed by atoms with Crippen molar-refractivity contribution >= 4 is 43.6 Å². The molecule has 0 fully saturated rings. The van der Waals surface area contributed by atoms with E-state index in [1.54, 1.807) is 0 Å². The van der Waals surface area contributed by atoms with Crippen LogP contribution in [-0.2, 0) is 0 Å². The second-order valence-electron chi connectivity index (χ2n) is 3.92. The van der Waals surface area contributed by atoms with E-state index in [1.807, 2.05) is 11.8 Å². The topological polar surface area (TPSA) is 0 Å². The maximum atomic E-state index is 3.49. The SMILES string of the molecule is Cc1cc(Br)ccc1Sc1ccc(Br)cc1C. The van der Waals surface area contributed by atoms with Crippen LogP contribution in [0.1, 0.15) is 11.1 Å². The van der Waals surface area contributed by atoms with Crippen molar-refractivity contribution in [2.75, 3.05) is 0 Å². The Kier molecular flexibility index (Phi) is 4.34. The van der Waals surface area contributed by atoms with Gasteiger partial charge in [-0.15, -0.1) is 0 Å². The molecule has 2 rings (SSSR count). The highest BCUT2D eigenvalue weighted by molar-refractivity contribution is 9.10. The summed E-state index contributed by atoms with van der Waals surface area (Å²) < 4.78 is 2.26. The highest BCUT2D eigenvalue weighted by Crippen LogP contribution is 2.34. The fourth-order valence-electron chi connectivity index (χ4n) is 1.57. The van der Waals surface area contributed by atoms with E-state index < -0.39 is 0 Å². The summed E-state index contributed by atoms with van der Waals surface area (Å²) in [5, 5.41) is 0. The summed E-state index contributed by atoms with van der Waals surface area (Å²) in [5.74, 6) is 0. The molecule has 0 aromatic heterocycles. The first-order chi connectivity index (χ1) is 8.06. The largest absolute Gasteiger partial charge is 0.0895 e. The van der Waals surface area contributed by atoms with Crippen molar-refractivity contribution in [3.8, 4) is 0 Å². The predicted octanol–water partition coefficient (Wildman–Crippen LogP) is 5.98. The molecule has 0 aliphatic heterocycles. The maximum absolute atomic E-state index is 3.49. The molecule has 0 aliphatic carbocycles. The summed E-state index contributed by atoms with van der Waals surface area (Å²) in [6, 6.07) is 12.8. The van der Waals surface area contributed by atoms with Crippen LogP contribution in [0, 0.1) is 13.8 Å². The van der Waals surface area contributed by atoms with E-state index in [0.717, 1.165) is 8.95 Å². The molecule has 0 saturated heterocycles. The van der Waals surface area contributed by atoms with Crippen LogP contribution in [-0.4, -0.2) is 0 Å². The summed E-state index contributed by atoms with van der Waals surface area (Å²) in [5.41, 5.74) is 2.60. The molecule has 3 heteroatoms. The monoisotopic (exact) mass is 370 g/mol. The molecule has 0 N–H and O–H groups in total. The third-order valence-electron chi connectivity index (χ3n) is 2.49. The van der Waals surface area contributed by atoms with Gasteiger partial charge in [0.1, 0.15) is 0 Å². The van der Waals surface area contributed by atoms with E-state index in [9.17, 15) is 0 Å². The summed E-state index contributed by atoms with van der Waals surface area (Å²) in [6.45, 7) is 4.28. The minimum absolute atomic E-state index is 1.13. The van der Waals surface area contributed by atoms with Gasteiger partial charge in [0.15, 0.2) is 0 Å². The summed E-state index contributed by atoms with van der Waals surface area (Å²) in [6.07, 6.45) is 0. The lowest BCUT2D eigenvalue weighted by Gasteiger charge is -2.08. The van der Waals surface area contributed by atoms with Crippen molar-refractivity contribution in [1.29, 1.82) is 0 Å². The minimum Gasteiger partial charge on any atom is -0.0895 e. The second kappa shape index (κ2) is 5.59. The van der Waals surface area contributed by atoms with Crippen molar-refractivity contribution in [3.05, 3.63) is 56.5 Å². The minimum atomic E-state index is 1.13. The zero-order valence-electron chi connectivity index (χ0n) is 9.63. The molecule has 0 nitrogen and oxygen atoms in total. The van der Waals surface area contributed by atoms with E-state index in [0.29, 0.717) is 0 Å². The number of hydrogen-bond acceptors (Lipinski definition) is 1. The molecule has 0 heterocycles. The Morgan fingerprint density at radius 2 is 1.18 bits per heavy atom. The fraction of sp³-hybridized carbons (Fsp3) is 0.143. The molecule has 0 radical (unpaired) electrons. The van der Waals surface area contributed by atoms with E-state index in [-0.39, 0.29) is 0 Å². The first-order valence-electron chi connectivity index (χ1n) is 5.26. The van der Waals surface area contributed by atoms with Crippen LogP contribution in [0.2, 0.25) is 0 Å². The van der Waals surface area contributed by atoms with Gasteiger partial charge in [-0.2, -0.15) is 0 Å². The Balaban J connectivity index is 2.31. The summed E-state index contributed by atoms with van der Waals surface area (Å²) in [4.78, 5) is 2.61. The lowest BCUT2D eigenvalue weighted by atomic mass is 10.2. The van der Waals surface area contributed by atoms with Gasteiger partial charge in [-0.05, 0) is 61.4 Å². The van der Waals surface area contributed by atoms with Crippen molar-refractivity contribution in [2.24, 2.45) is 0 Å². The van der Waals surface area contributed by atoms with Crippen LogP contribution in [0.5, 0.6) is 0 Å². The first kappa shape index (κ1) is 13.2. The molecule has 88 valence electrons. The van der Waals surface area contributed by atoms with Crippen LogP contribution < -0.4 is 0 Å². The maximum Gasteiger partial charge on any atom is 0.0178 e. The molecule has 2 aromatic carbocycles. The molecule has 0 saturated carbocycles. The number of benzene rings is 2. The lowest BCUT2D eigenvalue weighted by Crippen LogP contribution is -1.83. The summed E-state index contributed by atoms with van der Waals surface area (Å²) >= 11 is 8.80. The number of hydrogen-bond donors (Lipinski definition) is 0. The lowest BCUT2D eigenvalue weighted by molar-refractivity contribution is 1.25. The molecule has 0 atom stereocenters. The average Bonchev–Trinajstić information content (AvgIpc) is 2.25. The highest BCUT2D eigenvalue weighted by atomic mass is 79.9. The molecule has 0 amide bonds. The Morgan fingerprint density at radius 1 is 0.765 bits per heavy atom. The fourth-order valence-corrected chi connectivity index (χ4v) is 3.47. The third-order valence-corrected chi connectivity index (χ3v) is 4.84. The van der Waals surface area contributed by atoms with Crippen molar-refractivity contribution in [2.45, 2.75) is 23.6 Å².